The van der Waals surface area contributed by atoms with Crippen LogP contribution < -0.4 is 39.3 Å². The van der Waals surface area contributed by atoms with Crippen LogP contribution in [0.4, 0.5) is 0 Å². The van der Waals surface area contributed by atoms with E-state index in [-0.39, 0.29) is 45.0 Å². The lowest BCUT2D eigenvalue weighted by atomic mass is 9.75. The van der Waals surface area contributed by atoms with E-state index < -0.39 is 116 Å². The molecular weight excluding hydrogens is 618 g/mol. The molecule has 0 aromatic heterocycles. The van der Waals surface area contributed by atoms with Gasteiger partial charge < -0.3 is 99.1 Å². The standard InChI is InChI=1S/C26H51N7O13/c27-8-2-26(42,3-8)25(41)33-11-1-10(29)21(20(40)22(11)46-24-19(39)14(30)16(36)13(7-35)44-24)45-23-15(31)18(38)17(37)12(43-23)5-32-4-9(28)6-34/h8-24,32,34-40,42H,1-7,27-31H2,(H,33,41)/t8?,9?,10-,11+,12+,13+,14-,15+,16+,17+,18+,19+,20-,21?,22-,23+,24+,26?/m0/s1. The number of aliphatic hydroxyl groups is 8. The van der Waals surface area contributed by atoms with Crippen molar-refractivity contribution in [1.29, 1.82) is 0 Å². The van der Waals surface area contributed by atoms with Gasteiger partial charge in [-0.05, 0) is 6.42 Å². The maximum absolute atomic E-state index is 13.1. The summed E-state index contributed by atoms with van der Waals surface area (Å²) in [6, 6.07) is -5.69. The van der Waals surface area contributed by atoms with Gasteiger partial charge in [-0.3, -0.25) is 4.79 Å². The van der Waals surface area contributed by atoms with Crippen LogP contribution >= 0.6 is 0 Å². The third kappa shape index (κ3) is 7.96. The average molecular weight is 670 g/mol. The molecular formula is C26H51N7O13. The molecule has 0 spiro atoms. The van der Waals surface area contributed by atoms with Crippen LogP contribution in [0.25, 0.3) is 0 Å². The lowest BCUT2D eigenvalue weighted by Crippen LogP contribution is -2.71. The Kier molecular flexibility index (Phi) is 12.7. The van der Waals surface area contributed by atoms with Gasteiger partial charge in [-0.1, -0.05) is 0 Å². The summed E-state index contributed by atoms with van der Waals surface area (Å²) in [5.74, 6) is -0.789. The fourth-order valence-corrected chi connectivity index (χ4v) is 6.29. The van der Waals surface area contributed by atoms with Crippen LogP contribution in [-0.4, -0.2) is 182 Å². The highest BCUT2D eigenvalue weighted by Crippen LogP contribution is 2.34. The zero-order chi connectivity index (χ0) is 34.1. The lowest BCUT2D eigenvalue weighted by Gasteiger charge is -2.49. The lowest BCUT2D eigenvalue weighted by molar-refractivity contribution is -0.320. The molecule has 0 aromatic carbocycles. The second-order valence-corrected chi connectivity index (χ2v) is 12.9. The first-order valence-electron chi connectivity index (χ1n) is 15.4. The van der Waals surface area contributed by atoms with Gasteiger partial charge in [-0.2, -0.15) is 0 Å². The fraction of sp³-hybridized carbons (Fsp3) is 0.962. The molecule has 2 saturated carbocycles. The highest BCUT2D eigenvalue weighted by atomic mass is 16.7. The molecule has 4 fully saturated rings. The molecule has 20 N–H and O–H groups in total. The number of hydrogen-bond donors (Lipinski definition) is 15. The molecule has 268 valence electrons. The van der Waals surface area contributed by atoms with E-state index in [9.17, 15) is 40.5 Å². The van der Waals surface area contributed by atoms with Crippen LogP contribution in [0.1, 0.15) is 19.3 Å². The van der Waals surface area contributed by atoms with E-state index in [1.54, 1.807) is 0 Å². The number of ether oxygens (including phenoxy) is 4. The summed E-state index contributed by atoms with van der Waals surface area (Å²) in [7, 11) is 0. The van der Waals surface area contributed by atoms with Gasteiger partial charge in [0, 0.05) is 44.1 Å². The molecule has 46 heavy (non-hydrogen) atoms. The molecule has 2 unspecified atom stereocenters. The number of aliphatic hydroxyl groups excluding tert-OH is 7. The van der Waals surface area contributed by atoms with E-state index in [0.29, 0.717) is 0 Å². The Morgan fingerprint density at radius 3 is 2.09 bits per heavy atom. The second kappa shape index (κ2) is 15.5. The average Bonchev–Trinajstić information content (AvgIpc) is 3.00. The van der Waals surface area contributed by atoms with Crippen molar-refractivity contribution in [3.8, 4) is 0 Å². The first-order chi connectivity index (χ1) is 21.6. The number of nitrogens with two attached hydrogens (primary N) is 5. The number of amides is 1. The first kappa shape index (κ1) is 37.6. The molecule has 2 aliphatic carbocycles. The van der Waals surface area contributed by atoms with Gasteiger partial charge in [0.2, 0.25) is 0 Å². The number of hydrogen-bond acceptors (Lipinski definition) is 19. The molecule has 2 heterocycles. The van der Waals surface area contributed by atoms with Crippen molar-refractivity contribution < 1.29 is 64.6 Å². The van der Waals surface area contributed by atoms with Crippen molar-refractivity contribution in [2.75, 3.05) is 26.3 Å². The van der Waals surface area contributed by atoms with Crippen LogP contribution in [0.5, 0.6) is 0 Å². The van der Waals surface area contributed by atoms with Crippen molar-refractivity contribution in [2.24, 2.45) is 28.7 Å². The number of carbonyl (C=O) groups excluding carboxylic acids is 1. The van der Waals surface area contributed by atoms with Crippen LogP contribution in [0.3, 0.4) is 0 Å². The largest absolute Gasteiger partial charge is 0.395 e. The van der Waals surface area contributed by atoms with Crippen molar-refractivity contribution in [3.63, 3.8) is 0 Å². The Labute approximate surface area is 265 Å². The monoisotopic (exact) mass is 669 g/mol. The summed E-state index contributed by atoms with van der Waals surface area (Å²) in [6.45, 7) is -0.806. The Morgan fingerprint density at radius 2 is 1.48 bits per heavy atom. The molecule has 4 aliphatic rings. The molecule has 2 aliphatic heterocycles. The smallest absolute Gasteiger partial charge is 0.252 e. The Bertz CT molecular complexity index is 1000. The Morgan fingerprint density at radius 1 is 0.848 bits per heavy atom. The first-order valence-corrected chi connectivity index (χ1v) is 15.4. The highest BCUT2D eigenvalue weighted by Gasteiger charge is 2.54. The van der Waals surface area contributed by atoms with E-state index in [2.05, 4.69) is 10.6 Å². The van der Waals surface area contributed by atoms with E-state index in [1.807, 2.05) is 0 Å². The van der Waals surface area contributed by atoms with E-state index in [0.717, 1.165) is 0 Å². The van der Waals surface area contributed by atoms with Crippen molar-refractivity contribution >= 4 is 5.91 Å². The maximum Gasteiger partial charge on any atom is 0.252 e. The predicted molar refractivity (Wildman–Crippen MR) is 155 cm³/mol. The Balaban J connectivity index is 1.53. The number of rotatable bonds is 12. The van der Waals surface area contributed by atoms with Crippen LogP contribution in [0.2, 0.25) is 0 Å². The van der Waals surface area contributed by atoms with Gasteiger partial charge in [-0.15, -0.1) is 0 Å². The topological polar surface area (TPSA) is 370 Å². The van der Waals surface area contributed by atoms with Gasteiger partial charge in [0.05, 0.1) is 31.3 Å². The van der Waals surface area contributed by atoms with E-state index >= 15 is 0 Å². The zero-order valence-electron chi connectivity index (χ0n) is 25.3. The minimum absolute atomic E-state index is 0.000161. The van der Waals surface area contributed by atoms with E-state index in [1.165, 1.54) is 0 Å². The predicted octanol–water partition coefficient (Wildman–Crippen LogP) is -9.36. The van der Waals surface area contributed by atoms with Crippen LogP contribution in [0.15, 0.2) is 0 Å². The number of carbonyl (C=O) groups is 1. The fourth-order valence-electron chi connectivity index (χ4n) is 6.29. The van der Waals surface area contributed by atoms with Crippen LogP contribution in [0, 0.1) is 0 Å². The van der Waals surface area contributed by atoms with Crippen molar-refractivity contribution in [3.05, 3.63) is 0 Å². The van der Waals surface area contributed by atoms with Gasteiger partial charge in [0.15, 0.2) is 12.6 Å². The molecule has 0 bridgehead atoms. The minimum Gasteiger partial charge on any atom is -0.395 e. The maximum atomic E-state index is 13.1. The SMILES string of the molecule is NC(CO)CNC[C@H]1O[C@H](OC2[C@@H](N)C[C@@H](NC(=O)C3(O)CC(N)C3)[C@H](O[C@H]3O[C@H](CO)[C@@H](O)[C@H](N)[C@H]3O)[C@H]2O)[C@H](N)[C@@H](O)[C@@H]1O. The van der Waals surface area contributed by atoms with Crippen molar-refractivity contribution in [2.45, 2.75) is 129 Å². The molecule has 2 saturated heterocycles. The molecule has 0 radical (unpaired) electrons. The van der Waals surface area contributed by atoms with Crippen molar-refractivity contribution in [1.82, 2.24) is 10.6 Å². The minimum atomic E-state index is -1.76. The summed E-state index contributed by atoms with van der Waals surface area (Å²) in [5, 5.41) is 88.7. The third-order valence-electron chi connectivity index (χ3n) is 9.21. The van der Waals surface area contributed by atoms with Gasteiger partial charge in [0.1, 0.15) is 60.5 Å². The summed E-state index contributed by atoms with van der Waals surface area (Å²) in [5.41, 5.74) is 28.1. The van der Waals surface area contributed by atoms with Gasteiger partial charge in [0.25, 0.3) is 5.91 Å². The molecule has 20 nitrogen and oxygen atoms in total. The summed E-state index contributed by atoms with van der Waals surface area (Å²) >= 11 is 0. The summed E-state index contributed by atoms with van der Waals surface area (Å²) in [6.07, 6.45) is -15.9. The molecule has 16 atom stereocenters. The molecule has 4 rings (SSSR count). The highest BCUT2D eigenvalue weighted by molar-refractivity contribution is 5.86. The molecule has 20 heteroatoms. The third-order valence-corrected chi connectivity index (χ3v) is 9.21. The molecule has 1 amide bonds. The van der Waals surface area contributed by atoms with Gasteiger partial charge >= 0.3 is 0 Å². The molecule has 0 aromatic rings. The van der Waals surface area contributed by atoms with E-state index in [4.69, 9.17) is 52.7 Å². The van der Waals surface area contributed by atoms with Gasteiger partial charge in [-0.25, -0.2) is 0 Å². The normalized spacial score (nSPS) is 48.8. The number of nitrogens with one attached hydrogen (secondary N) is 2. The summed E-state index contributed by atoms with van der Waals surface area (Å²) < 4.78 is 23.3. The zero-order valence-corrected chi connectivity index (χ0v) is 25.3. The van der Waals surface area contributed by atoms with Crippen LogP contribution in [-0.2, 0) is 23.7 Å². The summed E-state index contributed by atoms with van der Waals surface area (Å²) in [4.78, 5) is 13.1. The Hall–Kier alpha value is -1.25. The quantitative estimate of drug-likeness (QED) is 0.0916. The second-order valence-electron chi connectivity index (χ2n) is 12.9.